The summed E-state index contributed by atoms with van der Waals surface area (Å²) in [6.45, 7) is 5.65. The van der Waals surface area contributed by atoms with Crippen molar-refractivity contribution in [2.24, 2.45) is 0 Å². The summed E-state index contributed by atoms with van der Waals surface area (Å²) in [5.74, 6) is 0.801. The van der Waals surface area contributed by atoms with Crippen molar-refractivity contribution in [3.63, 3.8) is 0 Å². The largest absolute Gasteiger partial charge is 0.497 e. The van der Waals surface area contributed by atoms with Gasteiger partial charge in [0, 0.05) is 39.0 Å². The Kier molecular flexibility index (Phi) is 7.12. The van der Waals surface area contributed by atoms with Crippen LogP contribution in [0.2, 0.25) is 0 Å². The number of nitrogens with one attached hydrogen (secondary N) is 2. The fourth-order valence-corrected chi connectivity index (χ4v) is 3.44. The van der Waals surface area contributed by atoms with Crippen LogP contribution < -0.4 is 15.4 Å². The van der Waals surface area contributed by atoms with Gasteiger partial charge in [-0.25, -0.2) is 4.79 Å². The molecule has 3 rings (SSSR count). The Balaban J connectivity index is 1.43. The van der Waals surface area contributed by atoms with E-state index in [1.54, 1.807) is 14.2 Å². The molecule has 1 heterocycles. The number of piperidine rings is 1. The molecule has 0 saturated carbocycles. The van der Waals surface area contributed by atoms with Crippen LogP contribution in [-0.2, 0) is 17.8 Å². The van der Waals surface area contributed by atoms with Crippen LogP contribution in [0.4, 0.5) is 10.5 Å². The molecule has 0 bridgehead atoms. The van der Waals surface area contributed by atoms with Gasteiger partial charge in [0.25, 0.3) is 0 Å². The molecule has 1 fully saturated rings. The number of urea groups is 1. The van der Waals surface area contributed by atoms with E-state index < -0.39 is 0 Å². The number of carbonyl (C=O) groups is 1. The maximum Gasteiger partial charge on any atom is 0.319 e. The topological polar surface area (TPSA) is 62.8 Å². The van der Waals surface area contributed by atoms with Gasteiger partial charge in [0.1, 0.15) is 5.75 Å². The minimum Gasteiger partial charge on any atom is -0.497 e. The number of rotatable bonds is 7. The van der Waals surface area contributed by atoms with E-state index in [1.807, 2.05) is 36.4 Å². The molecule has 0 atom stereocenters. The summed E-state index contributed by atoms with van der Waals surface area (Å²) in [7, 11) is 3.43. The van der Waals surface area contributed by atoms with Gasteiger partial charge in [0.15, 0.2) is 0 Å². The van der Waals surface area contributed by atoms with Crippen molar-refractivity contribution in [1.29, 1.82) is 0 Å². The number of benzene rings is 2. The molecule has 1 aliphatic rings. The minimum atomic E-state index is -0.219. The second kappa shape index (κ2) is 9.76. The van der Waals surface area contributed by atoms with E-state index in [4.69, 9.17) is 9.47 Å². The van der Waals surface area contributed by atoms with Gasteiger partial charge in [0.2, 0.25) is 0 Å². The molecule has 0 aliphatic carbocycles. The molecule has 1 aliphatic heterocycles. The number of anilines is 1. The van der Waals surface area contributed by atoms with Crippen molar-refractivity contribution >= 4 is 11.7 Å². The van der Waals surface area contributed by atoms with Crippen molar-refractivity contribution in [2.45, 2.75) is 38.5 Å². The fourth-order valence-electron chi connectivity index (χ4n) is 3.44. The molecule has 0 radical (unpaired) electrons. The van der Waals surface area contributed by atoms with Crippen molar-refractivity contribution in [1.82, 2.24) is 10.2 Å². The summed E-state index contributed by atoms with van der Waals surface area (Å²) >= 11 is 0. The second-order valence-electron chi connectivity index (χ2n) is 7.78. The van der Waals surface area contributed by atoms with Crippen molar-refractivity contribution < 1.29 is 14.3 Å². The first-order valence-corrected chi connectivity index (χ1v) is 10.0. The number of hydrogen-bond acceptors (Lipinski definition) is 4. The number of hydrogen-bond donors (Lipinski definition) is 2. The molecular formula is C23H31N3O3. The molecule has 2 aromatic rings. The SMILES string of the molecule is COc1ccc(CNC(=O)Nc2ccc(CN3CCC(C)(OC)CC3)cc2)cc1. The Morgan fingerprint density at radius 1 is 1.00 bits per heavy atom. The van der Waals surface area contributed by atoms with Crippen LogP contribution in [0.15, 0.2) is 48.5 Å². The maximum atomic E-state index is 12.1. The van der Waals surface area contributed by atoms with Gasteiger partial charge in [0.05, 0.1) is 12.7 Å². The first-order chi connectivity index (χ1) is 14.0. The molecule has 6 heteroatoms. The molecule has 0 aromatic heterocycles. The minimum absolute atomic E-state index is 0.0173. The van der Waals surface area contributed by atoms with E-state index >= 15 is 0 Å². The van der Waals surface area contributed by atoms with Crippen molar-refractivity contribution in [3.8, 4) is 5.75 Å². The number of nitrogens with zero attached hydrogens (tertiary/aromatic N) is 1. The predicted octanol–water partition coefficient (Wildman–Crippen LogP) is 4.02. The lowest BCUT2D eigenvalue weighted by Gasteiger charge is -2.38. The van der Waals surface area contributed by atoms with Crippen LogP contribution in [-0.4, -0.2) is 43.8 Å². The highest BCUT2D eigenvalue weighted by Gasteiger charge is 2.29. The summed E-state index contributed by atoms with van der Waals surface area (Å²) in [6.07, 6.45) is 2.11. The van der Waals surface area contributed by atoms with E-state index in [-0.39, 0.29) is 11.6 Å². The lowest BCUT2D eigenvalue weighted by Crippen LogP contribution is -2.43. The molecular weight excluding hydrogens is 366 g/mol. The van der Waals surface area contributed by atoms with E-state index in [0.29, 0.717) is 6.54 Å². The molecule has 0 unspecified atom stereocenters. The number of methoxy groups -OCH3 is 2. The van der Waals surface area contributed by atoms with Gasteiger partial charge in [-0.3, -0.25) is 4.90 Å². The molecule has 1 saturated heterocycles. The Bertz CT molecular complexity index is 782. The van der Waals surface area contributed by atoms with Gasteiger partial charge < -0.3 is 20.1 Å². The molecule has 29 heavy (non-hydrogen) atoms. The third kappa shape index (κ3) is 6.21. The fraction of sp³-hybridized carbons (Fsp3) is 0.435. The highest BCUT2D eigenvalue weighted by Crippen LogP contribution is 2.26. The molecule has 156 valence electrons. The Labute approximate surface area is 173 Å². The average Bonchev–Trinajstić information content (AvgIpc) is 2.76. The van der Waals surface area contributed by atoms with E-state index in [9.17, 15) is 4.79 Å². The Morgan fingerprint density at radius 2 is 1.62 bits per heavy atom. The third-order valence-corrected chi connectivity index (χ3v) is 5.64. The maximum absolute atomic E-state index is 12.1. The standard InChI is InChI=1S/C23H31N3O3/c1-23(29-3)12-14-26(15-13-23)17-19-4-8-20(9-5-19)25-22(27)24-16-18-6-10-21(28-2)11-7-18/h4-11H,12-17H2,1-3H3,(H2,24,25,27). The third-order valence-electron chi connectivity index (χ3n) is 5.64. The van der Waals surface area contributed by atoms with Gasteiger partial charge in [-0.2, -0.15) is 0 Å². The highest BCUT2D eigenvalue weighted by atomic mass is 16.5. The first kappa shape index (κ1) is 21.1. The smallest absolute Gasteiger partial charge is 0.319 e. The van der Waals surface area contributed by atoms with Crippen molar-refractivity contribution in [3.05, 3.63) is 59.7 Å². The van der Waals surface area contributed by atoms with Crippen LogP contribution >= 0.6 is 0 Å². The van der Waals surface area contributed by atoms with Gasteiger partial charge in [-0.1, -0.05) is 24.3 Å². The molecule has 2 aromatic carbocycles. The molecule has 2 N–H and O–H groups in total. The Hall–Kier alpha value is -2.57. The van der Waals surface area contributed by atoms with E-state index in [1.165, 1.54) is 5.56 Å². The van der Waals surface area contributed by atoms with Crippen LogP contribution in [0, 0.1) is 0 Å². The zero-order chi connectivity index (χ0) is 20.7. The summed E-state index contributed by atoms with van der Waals surface area (Å²) < 4.78 is 10.7. The average molecular weight is 398 g/mol. The quantitative estimate of drug-likeness (QED) is 0.741. The van der Waals surface area contributed by atoms with Gasteiger partial charge >= 0.3 is 6.03 Å². The summed E-state index contributed by atoms with van der Waals surface area (Å²) in [6, 6.07) is 15.5. The highest BCUT2D eigenvalue weighted by molar-refractivity contribution is 5.89. The Morgan fingerprint density at radius 3 is 2.21 bits per heavy atom. The van der Waals surface area contributed by atoms with E-state index in [0.717, 1.165) is 49.5 Å². The zero-order valence-electron chi connectivity index (χ0n) is 17.5. The van der Waals surface area contributed by atoms with Crippen molar-refractivity contribution in [2.75, 3.05) is 32.6 Å². The number of likely N-dealkylation sites (tertiary alicyclic amines) is 1. The monoisotopic (exact) mass is 397 g/mol. The number of carbonyl (C=O) groups excluding carboxylic acids is 1. The summed E-state index contributed by atoms with van der Waals surface area (Å²) in [4.78, 5) is 14.6. The van der Waals surface area contributed by atoms with Gasteiger partial charge in [-0.05, 0) is 55.2 Å². The zero-order valence-corrected chi connectivity index (χ0v) is 17.5. The molecule has 2 amide bonds. The second-order valence-corrected chi connectivity index (χ2v) is 7.78. The van der Waals surface area contributed by atoms with Crippen LogP contribution in [0.25, 0.3) is 0 Å². The normalized spacial score (nSPS) is 16.2. The lowest BCUT2D eigenvalue weighted by atomic mass is 9.93. The number of ether oxygens (including phenoxy) is 2. The van der Waals surface area contributed by atoms with Crippen LogP contribution in [0.3, 0.4) is 0 Å². The first-order valence-electron chi connectivity index (χ1n) is 10.0. The van der Waals surface area contributed by atoms with E-state index in [2.05, 4.69) is 34.6 Å². The lowest BCUT2D eigenvalue weighted by molar-refractivity contribution is -0.0440. The molecule has 6 nitrogen and oxygen atoms in total. The summed E-state index contributed by atoms with van der Waals surface area (Å²) in [5, 5.41) is 5.75. The van der Waals surface area contributed by atoms with Gasteiger partial charge in [-0.15, -0.1) is 0 Å². The van der Waals surface area contributed by atoms with Crippen LogP contribution in [0.1, 0.15) is 30.9 Å². The number of amides is 2. The predicted molar refractivity (Wildman–Crippen MR) is 115 cm³/mol. The summed E-state index contributed by atoms with van der Waals surface area (Å²) in [5.41, 5.74) is 3.06. The van der Waals surface area contributed by atoms with Crippen LogP contribution in [0.5, 0.6) is 5.75 Å². The molecule has 0 spiro atoms.